The van der Waals surface area contributed by atoms with E-state index in [4.69, 9.17) is 4.74 Å². The van der Waals surface area contributed by atoms with Crippen LogP contribution in [0.15, 0.2) is 0 Å². The Morgan fingerprint density at radius 2 is 1.73 bits per heavy atom. The minimum absolute atomic E-state index is 0.344. The summed E-state index contributed by atoms with van der Waals surface area (Å²) in [5, 5.41) is 3.49. The zero-order valence-electron chi connectivity index (χ0n) is 11.2. The Morgan fingerprint density at radius 1 is 1.07 bits per heavy atom. The van der Waals surface area contributed by atoms with Crippen LogP contribution >= 0.6 is 0 Å². The molecule has 1 N–H and O–H groups in total. The zero-order valence-corrected chi connectivity index (χ0v) is 11.2. The van der Waals surface area contributed by atoms with Crippen LogP contribution in [-0.2, 0) is 4.74 Å². The first-order valence-electron chi connectivity index (χ1n) is 6.41. The van der Waals surface area contributed by atoms with Gasteiger partial charge in [-0.25, -0.2) is 0 Å². The molecule has 0 heterocycles. The Hall–Kier alpha value is -0.0800. The third kappa shape index (κ3) is 10.2. The van der Waals surface area contributed by atoms with Crippen LogP contribution in [0.25, 0.3) is 0 Å². The molecule has 1 atom stereocenters. The molecule has 0 spiro atoms. The molecule has 0 radical (unpaired) electrons. The van der Waals surface area contributed by atoms with Crippen LogP contribution in [0.2, 0.25) is 0 Å². The average Bonchev–Trinajstić information content (AvgIpc) is 2.13. The first-order valence-corrected chi connectivity index (χ1v) is 6.41. The maximum absolute atomic E-state index is 5.65. The molecule has 1 unspecified atom stereocenters. The normalized spacial score (nSPS) is 13.8. The van der Waals surface area contributed by atoms with E-state index < -0.39 is 0 Å². The van der Waals surface area contributed by atoms with Gasteiger partial charge in [0.25, 0.3) is 0 Å². The van der Waals surface area contributed by atoms with Crippen molar-refractivity contribution in [2.24, 2.45) is 5.92 Å². The first-order chi connectivity index (χ1) is 7.06. The van der Waals surface area contributed by atoms with Crippen molar-refractivity contribution < 1.29 is 4.74 Å². The van der Waals surface area contributed by atoms with Crippen molar-refractivity contribution >= 4 is 0 Å². The third-order valence-corrected chi connectivity index (χ3v) is 2.46. The summed E-state index contributed by atoms with van der Waals surface area (Å²) < 4.78 is 5.65. The Morgan fingerprint density at radius 3 is 2.20 bits per heavy atom. The highest BCUT2D eigenvalue weighted by atomic mass is 16.5. The van der Waals surface area contributed by atoms with Crippen LogP contribution in [0, 0.1) is 5.92 Å². The molecular formula is C13H29NO. The summed E-state index contributed by atoms with van der Waals surface area (Å²) in [5.74, 6) is 0.818. The van der Waals surface area contributed by atoms with Gasteiger partial charge in [-0.1, -0.05) is 33.6 Å². The lowest BCUT2D eigenvalue weighted by Crippen LogP contribution is -2.34. The number of likely N-dealkylation sites (N-methyl/N-ethyl adjacent to an activating group) is 1. The van der Waals surface area contributed by atoms with Gasteiger partial charge in [0.1, 0.15) is 0 Å². The topological polar surface area (TPSA) is 21.3 Å². The van der Waals surface area contributed by atoms with Crippen molar-refractivity contribution in [2.45, 2.75) is 66.0 Å². The number of hydrogen-bond acceptors (Lipinski definition) is 2. The maximum Gasteiger partial charge on any atom is 0.0623 e. The highest BCUT2D eigenvalue weighted by Gasteiger charge is 2.08. The van der Waals surface area contributed by atoms with Crippen LogP contribution in [0.3, 0.4) is 0 Å². The highest BCUT2D eigenvalue weighted by Crippen LogP contribution is 2.09. The molecule has 2 nitrogen and oxygen atoms in total. The standard InChI is InChI=1S/C13H29NO/c1-6-14-13(10-15-12(4)5)9-7-8-11(2)3/h11-14H,6-10H2,1-5H3. The summed E-state index contributed by atoms with van der Waals surface area (Å²) in [6.45, 7) is 12.8. The second-order valence-electron chi connectivity index (χ2n) is 4.96. The van der Waals surface area contributed by atoms with Crippen molar-refractivity contribution in [3.05, 3.63) is 0 Å². The fourth-order valence-electron chi connectivity index (χ4n) is 1.61. The Bertz CT molecular complexity index is 134. The van der Waals surface area contributed by atoms with Crippen LogP contribution in [-0.4, -0.2) is 25.3 Å². The minimum Gasteiger partial charge on any atom is -0.377 e. The minimum atomic E-state index is 0.344. The van der Waals surface area contributed by atoms with Crippen molar-refractivity contribution in [3.8, 4) is 0 Å². The fourth-order valence-corrected chi connectivity index (χ4v) is 1.61. The number of rotatable bonds is 9. The third-order valence-electron chi connectivity index (χ3n) is 2.46. The van der Waals surface area contributed by atoms with Gasteiger partial charge in [-0.3, -0.25) is 0 Å². The van der Waals surface area contributed by atoms with Crippen LogP contribution in [0.4, 0.5) is 0 Å². The van der Waals surface area contributed by atoms with Gasteiger partial charge in [0.15, 0.2) is 0 Å². The van der Waals surface area contributed by atoms with E-state index in [9.17, 15) is 0 Å². The molecule has 0 aliphatic carbocycles. The van der Waals surface area contributed by atoms with E-state index in [1.807, 2.05) is 0 Å². The van der Waals surface area contributed by atoms with Crippen molar-refractivity contribution in [1.29, 1.82) is 0 Å². The molecule has 0 aromatic carbocycles. The van der Waals surface area contributed by atoms with E-state index in [1.54, 1.807) is 0 Å². The summed E-state index contributed by atoms with van der Waals surface area (Å²) in [7, 11) is 0. The molecule has 0 saturated heterocycles. The van der Waals surface area contributed by atoms with E-state index in [1.165, 1.54) is 19.3 Å². The molecule has 2 heteroatoms. The van der Waals surface area contributed by atoms with E-state index in [0.29, 0.717) is 12.1 Å². The zero-order chi connectivity index (χ0) is 11.7. The quantitative estimate of drug-likeness (QED) is 0.637. The van der Waals surface area contributed by atoms with E-state index in [-0.39, 0.29) is 0 Å². The maximum atomic E-state index is 5.65. The molecule has 0 fully saturated rings. The molecule has 0 rings (SSSR count). The predicted molar refractivity (Wildman–Crippen MR) is 67.2 cm³/mol. The van der Waals surface area contributed by atoms with Gasteiger partial charge in [0, 0.05) is 6.04 Å². The SMILES string of the molecule is CCNC(CCCC(C)C)COC(C)C. The van der Waals surface area contributed by atoms with Gasteiger partial charge < -0.3 is 10.1 Å². The van der Waals surface area contributed by atoms with Crippen molar-refractivity contribution in [1.82, 2.24) is 5.32 Å². The lowest BCUT2D eigenvalue weighted by Gasteiger charge is -2.19. The molecule has 0 aromatic heterocycles. The lowest BCUT2D eigenvalue weighted by molar-refractivity contribution is 0.0592. The van der Waals surface area contributed by atoms with Gasteiger partial charge in [-0.15, -0.1) is 0 Å². The second-order valence-corrected chi connectivity index (χ2v) is 4.96. The lowest BCUT2D eigenvalue weighted by atomic mass is 10.0. The summed E-state index contributed by atoms with van der Waals surface area (Å²) >= 11 is 0. The summed E-state index contributed by atoms with van der Waals surface area (Å²) in [6, 6.07) is 0.538. The second kappa shape index (κ2) is 9.17. The number of hydrogen-bond donors (Lipinski definition) is 1. The van der Waals surface area contributed by atoms with E-state index >= 15 is 0 Å². The fraction of sp³-hybridized carbons (Fsp3) is 1.00. The smallest absolute Gasteiger partial charge is 0.0623 e. The Balaban J connectivity index is 3.62. The summed E-state index contributed by atoms with van der Waals surface area (Å²) in [4.78, 5) is 0. The molecule has 0 amide bonds. The van der Waals surface area contributed by atoms with Crippen molar-refractivity contribution in [3.63, 3.8) is 0 Å². The van der Waals surface area contributed by atoms with Gasteiger partial charge in [-0.2, -0.15) is 0 Å². The van der Waals surface area contributed by atoms with Gasteiger partial charge in [-0.05, 0) is 32.7 Å². The monoisotopic (exact) mass is 215 g/mol. The summed E-state index contributed by atoms with van der Waals surface area (Å²) in [5.41, 5.74) is 0. The van der Waals surface area contributed by atoms with Gasteiger partial charge in [0.05, 0.1) is 12.7 Å². The Kier molecular flexibility index (Phi) is 9.12. The van der Waals surface area contributed by atoms with Crippen LogP contribution in [0.5, 0.6) is 0 Å². The molecule has 0 saturated carbocycles. The summed E-state index contributed by atoms with van der Waals surface area (Å²) in [6.07, 6.45) is 4.20. The molecule has 92 valence electrons. The van der Waals surface area contributed by atoms with E-state index in [2.05, 4.69) is 39.9 Å². The molecule has 0 aromatic rings. The Labute approximate surface area is 95.8 Å². The molecule has 0 aliphatic heterocycles. The number of nitrogens with one attached hydrogen (secondary N) is 1. The largest absolute Gasteiger partial charge is 0.377 e. The van der Waals surface area contributed by atoms with Gasteiger partial charge in [0.2, 0.25) is 0 Å². The van der Waals surface area contributed by atoms with Crippen LogP contribution < -0.4 is 5.32 Å². The predicted octanol–water partition coefficient (Wildman–Crippen LogP) is 3.22. The van der Waals surface area contributed by atoms with Gasteiger partial charge >= 0.3 is 0 Å². The first kappa shape index (κ1) is 14.9. The molecule has 15 heavy (non-hydrogen) atoms. The average molecular weight is 215 g/mol. The van der Waals surface area contributed by atoms with E-state index in [0.717, 1.165) is 19.1 Å². The molecular weight excluding hydrogens is 186 g/mol. The number of ether oxygens (including phenoxy) is 1. The highest BCUT2D eigenvalue weighted by molar-refractivity contribution is 4.66. The van der Waals surface area contributed by atoms with Crippen molar-refractivity contribution in [2.75, 3.05) is 13.2 Å². The van der Waals surface area contributed by atoms with Crippen LogP contribution in [0.1, 0.15) is 53.9 Å². The molecule has 0 aliphatic rings. The molecule has 0 bridgehead atoms.